The van der Waals surface area contributed by atoms with Gasteiger partial charge in [0.05, 0.1) is 11.3 Å². The van der Waals surface area contributed by atoms with Gasteiger partial charge >= 0.3 is 0 Å². The fourth-order valence-corrected chi connectivity index (χ4v) is 2.90. The Morgan fingerprint density at radius 2 is 1.79 bits per heavy atom. The van der Waals surface area contributed by atoms with Gasteiger partial charge in [-0.05, 0) is 31.0 Å². The molecule has 2 aromatic carbocycles. The zero-order chi connectivity index (χ0) is 13.4. The molecule has 0 amide bonds. The van der Waals surface area contributed by atoms with Crippen molar-refractivity contribution in [3.05, 3.63) is 59.2 Å². The van der Waals surface area contributed by atoms with Gasteiger partial charge in [0.15, 0.2) is 6.21 Å². The lowest BCUT2D eigenvalue weighted by atomic mass is 10.0. The highest BCUT2D eigenvalue weighted by Crippen LogP contribution is 2.28. The van der Waals surface area contributed by atoms with Crippen LogP contribution < -0.4 is 4.90 Å². The summed E-state index contributed by atoms with van der Waals surface area (Å²) in [5.74, 6) is 0. The van der Waals surface area contributed by atoms with Crippen LogP contribution in [-0.4, -0.2) is 24.5 Å². The van der Waals surface area contributed by atoms with Crippen LogP contribution in [-0.2, 0) is 0 Å². The Labute approximate surface area is 114 Å². The number of nitrogens with zero attached hydrogens (tertiary/aromatic N) is 2. The molecule has 0 saturated heterocycles. The van der Waals surface area contributed by atoms with Gasteiger partial charge in [0, 0.05) is 19.2 Å². The van der Waals surface area contributed by atoms with Crippen LogP contribution in [0.1, 0.15) is 16.7 Å². The van der Waals surface area contributed by atoms with Crippen molar-refractivity contribution in [2.45, 2.75) is 13.8 Å². The molecule has 0 fully saturated rings. The minimum Gasteiger partial charge on any atom is -0.319 e. The van der Waals surface area contributed by atoms with Gasteiger partial charge in [0.25, 0.3) is 0 Å². The smallest absolute Gasteiger partial charge is 0.224 e. The summed E-state index contributed by atoms with van der Waals surface area (Å²) in [5.41, 5.74) is 6.55. The van der Waals surface area contributed by atoms with Crippen molar-refractivity contribution in [1.82, 2.24) is 0 Å². The molecule has 2 heteroatoms. The molecule has 0 bridgehead atoms. The second-order valence-electron chi connectivity index (χ2n) is 5.29. The summed E-state index contributed by atoms with van der Waals surface area (Å²) in [4.78, 5) is 2.32. The molecule has 0 aliphatic carbocycles. The predicted molar refractivity (Wildman–Crippen MR) is 80.7 cm³/mol. The second kappa shape index (κ2) is 4.54. The van der Waals surface area contributed by atoms with E-state index in [4.69, 9.17) is 0 Å². The van der Waals surface area contributed by atoms with Gasteiger partial charge in [-0.3, -0.25) is 0 Å². The molecule has 0 unspecified atom stereocenters. The number of aryl methyl sites for hydroxylation is 2. The first-order valence-corrected chi connectivity index (χ1v) is 6.64. The topological polar surface area (TPSA) is 6.25 Å². The second-order valence-corrected chi connectivity index (χ2v) is 5.29. The highest BCUT2D eigenvalue weighted by atomic mass is 15.3. The van der Waals surface area contributed by atoms with Gasteiger partial charge in [0.1, 0.15) is 0 Å². The fraction of sp³-hybridized carbons (Fsp3) is 0.235. The number of para-hydroxylation sites is 1. The normalized spacial score (nSPS) is 14.1. The monoisotopic (exact) mass is 251 g/mol. The van der Waals surface area contributed by atoms with E-state index in [1.54, 1.807) is 0 Å². The maximum atomic E-state index is 2.32. The molecule has 2 nitrogen and oxygen atoms in total. The third-order valence-corrected chi connectivity index (χ3v) is 3.60. The first kappa shape index (κ1) is 12.0. The fourth-order valence-electron chi connectivity index (χ4n) is 2.90. The van der Waals surface area contributed by atoms with Crippen LogP contribution in [0, 0.1) is 13.8 Å². The largest absolute Gasteiger partial charge is 0.319 e. The summed E-state index contributed by atoms with van der Waals surface area (Å²) in [5, 5.41) is 0. The Hall–Kier alpha value is -2.09. The molecule has 19 heavy (non-hydrogen) atoms. The Bertz CT molecular complexity index is 642. The van der Waals surface area contributed by atoms with Gasteiger partial charge < -0.3 is 4.90 Å². The van der Waals surface area contributed by atoms with Gasteiger partial charge in [-0.15, -0.1) is 0 Å². The summed E-state index contributed by atoms with van der Waals surface area (Å²) in [6.07, 6.45) is 2.25. The van der Waals surface area contributed by atoms with Crippen molar-refractivity contribution in [2.24, 2.45) is 0 Å². The van der Waals surface area contributed by atoms with Crippen LogP contribution in [0.2, 0.25) is 0 Å². The zero-order valence-electron chi connectivity index (χ0n) is 11.7. The van der Waals surface area contributed by atoms with Gasteiger partial charge in [-0.25, -0.2) is 0 Å². The van der Waals surface area contributed by atoms with Crippen LogP contribution in [0.15, 0.2) is 42.5 Å². The highest BCUT2D eigenvalue weighted by molar-refractivity contribution is 5.88. The van der Waals surface area contributed by atoms with Gasteiger partial charge in [0.2, 0.25) is 12.4 Å². The van der Waals surface area contributed by atoms with E-state index in [1.165, 1.54) is 28.1 Å². The lowest BCUT2D eigenvalue weighted by Gasteiger charge is -2.25. The molecule has 0 aromatic heterocycles. The van der Waals surface area contributed by atoms with E-state index in [-0.39, 0.29) is 0 Å². The van der Waals surface area contributed by atoms with Crippen molar-refractivity contribution in [3.8, 4) is 0 Å². The zero-order valence-corrected chi connectivity index (χ0v) is 11.7. The first-order valence-electron chi connectivity index (χ1n) is 6.64. The van der Waals surface area contributed by atoms with Crippen molar-refractivity contribution in [1.29, 1.82) is 0 Å². The molecule has 2 aromatic rings. The molecule has 96 valence electrons. The summed E-state index contributed by atoms with van der Waals surface area (Å²) in [7, 11) is 2.16. The van der Waals surface area contributed by atoms with E-state index >= 15 is 0 Å². The number of hydrogen-bond acceptors (Lipinski definition) is 1. The average molecular weight is 251 g/mol. The van der Waals surface area contributed by atoms with E-state index in [1.807, 2.05) is 0 Å². The van der Waals surface area contributed by atoms with Crippen molar-refractivity contribution >= 4 is 17.6 Å². The molecule has 0 N–H and O–H groups in total. The molecule has 0 spiro atoms. The van der Waals surface area contributed by atoms with E-state index < -0.39 is 0 Å². The highest BCUT2D eigenvalue weighted by Gasteiger charge is 2.23. The Morgan fingerprint density at radius 1 is 1.05 bits per heavy atom. The summed E-state index contributed by atoms with van der Waals surface area (Å²) >= 11 is 0. The molecule has 0 saturated carbocycles. The first-order chi connectivity index (χ1) is 9.15. The molecule has 1 aliphatic rings. The molecule has 1 aliphatic heterocycles. The maximum Gasteiger partial charge on any atom is 0.224 e. The molecule has 0 radical (unpaired) electrons. The lowest BCUT2D eigenvalue weighted by Crippen LogP contribution is -2.33. The van der Waals surface area contributed by atoms with Gasteiger partial charge in [-0.1, -0.05) is 24.3 Å². The molecule has 1 heterocycles. The standard InChI is InChI=1S/C17H19N2/c1-13-9-14(2)17-15(10-13)11-19(12-18(17)3)16-7-5-4-6-8-16/h4-11H,12H2,1-3H3/q+1. The number of rotatable bonds is 1. The third-order valence-electron chi connectivity index (χ3n) is 3.60. The number of hydrogen-bond donors (Lipinski definition) is 0. The van der Waals surface area contributed by atoms with E-state index in [2.05, 4.69) is 79.0 Å². The molecular formula is C17H19N2+. The Morgan fingerprint density at radius 3 is 2.53 bits per heavy atom. The summed E-state index contributed by atoms with van der Waals surface area (Å²) in [6.45, 7) is 5.23. The van der Waals surface area contributed by atoms with Crippen LogP contribution in [0.5, 0.6) is 0 Å². The van der Waals surface area contributed by atoms with Gasteiger partial charge in [-0.2, -0.15) is 4.58 Å². The number of fused-ring (bicyclic) bond motifs is 1. The third kappa shape index (κ3) is 2.14. The lowest BCUT2D eigenvalue weighted by molar-refractivity contribution is -0.435. The maximum absolute atomic E-state index is 2.32. The van der Waals surface area contributed by atoms with Crippen molar-refractivity contribution in [3.63, 3.8) is 0 Å². The van der Waals surface area contributed by atoms with E-state index in [9.17, 15) is 0 Å². The molecular weight excluding hydrogens is 232 g/mol. The van der Waals surface area contributed by atoms with Crippen LogP contribution in [0.3, 0.4) is 0 Å². The average Bonchev–Trinajstić information content (AvgIpc) is 2.38. The molecule has 3 rings (SSSR count). The van der Waals surface area contributed by atoms with Crippen LogP contribution in [0.4, 0.5) is 11.4 Å². The van der Waals surface area contributed by atoms with Crippen LogP contribution in [0.25, 0.3) is 0 Å². The van der Waals surface area contributed by atoms with Crippen molar-refractivity contribution < 1.29 is 4.58 Å². The van der Waals surface area contributed by atoms with E-state index in [0.29, 0.717) is 0 Å². The summed E-state index contributed by atoms with van der Waals surface area (Å²) in [6, 6.07) is 15.0. The Balaban J connectivity index is 2.14. The number of anilines is 1. The SMILES string of the molecule is Cc1cc(C)c2c(c1)C=[N+](c1ccccc1)CN2C. The quantitative estimate of drug-likeness (QED) is 0.703. The minimum atomic E-state index is 0.890. The molecule has 0 atom stereocenters. The van der Waals surface area contributed by atoms with Crippen molar-refractivity contribution in [2.75, 3.05) is 18.6 Å². The predicted octanol–water partition coefficient (Wildman–Crippen LogP) is 3.47. The van der Waals surface area contributed by atoms with E-state index in [0.717, 1.165) is 6.67 Å². The summed E-state index contributed by atoms with van der Waals surface area (Å²) < 4.78 is 2.29. The Kier molecular flexibility index (Phi) is 2.86. The van der Waals surface area contributed by atoms with Crippen LogP contribution >= 0.6 is 0 Å². The number of benzene rings is 2. The minimum absolute atomic E-state index is 0.890.